The van der Waals surface area contributed by atoms with E-state index in [4.69, 9.17) is 12.8 Å². The molecule has 0 fully saturated rings. The second-order valence-corrected chi connectivity index (χ2v) is 10.6. The van der Waals surface area contributed by atoms with Crippen LogP contribution in [0.3, 0.4) is 0 Å². The van der Waals surface area contributed by atoms with Crippen molar-refractivity contribution in [1.29, 1.82) is 0 Å². The van der Waals surface area contributed by atoms with Gasteiger partial charge in [-0.2, -0.15) is 0 Å². The molecule has 0 amide bonds. The SMILES string of the molecule is C#C/C=C\C(F)=C/CN(C(=C(\Br)CN(c1ccccc1)c1cc(F)ccc1Br)/C(Br)=C\C#C)c1ccccc1. The minimum absolute atomic E-state index is 0.164. The van der Waals surface area contributed by atoms with E-state index in [2.05, 4.69) is 59.6 Å². The molecule has 196 valence electrons. The van der Waals surface area contributed by atoms with Crippen molar-refractivity contribution < 1.29 is 8.78 Å². The zero-order chi connectivity index (χ0) is 28.2. The average Bonchev–Trinajstić information content (AvgIpc) is 2.95. The highest BCUT2D eigenvalue weighted by molar-refractivity contribution is 9.12. The predicted octanol–water partition coefficient (Wildman–Crippen LogP) is 9.79. The van der Waals surface area contributed by atoms with E-state index in [0.29, 0.717) is 26.9 Å². The highest BCUT2D eigenvalue weighted by Gasteiger charge is 2.22. The molecule has 3 rings (SSSR count). The lowest BCUT2D eigenvalue weighted by atomic mass is 10.2. The Morgan fingerprint density at radius 3 is 2.15 bits per heavy atom. The number of halogens is 5. The van der Waals surface area contributed by atoms with Crippen LogP contribution in [0.1, 0.15) is 0 Å². The molecule has 0 N–H and O–H groups in total. The van der Waals surface area contributed by atoms with Crippen LogP contribution in [0.25, 0.3) is 0 Å². The zero-order valence-electron chi connectivity index (χ0n) is 20.7. The van der Waals surface area contributed by atoms with E-state index in [-0.39, 0.29) is 12.4 Å². The Morgan fingerprint density at radius 2 is 1.54 bits per heavy atom. The van der Waals surface area contributed by atoms with Gasteiger partial charge in [0, 0.05) is 33.0 Å². The van der Waals surface area contributed by atoms with Crippen molar-refractivity contribution in [2.45, 2.75) is 0 Å². The summed E-state index contributed by atoms with van der Waals surface area (Å²) in [6, 6.07) is 23.7. The van der Waals surface area contributed by atoms with Crippen LogP contribution in [-0.4, -0.2) is 13.1 Å². The molecule has 0 saturated heterocycles. The van der Waals surface area contributed by atoms with Gasteiger partial charge in [-0.1, -0.05) is 64.2 Å². The molecule has 0 unspecified atom stereocenters. The van der Waals surface area contributed by atoms with Crippen molar-refractivity contribution in [3.63, 3.8) is 0 Å². The van der Waals surface area contributed by atoms with E-state index in [1.165, 1.54) is 30.4 Å². The summed E-state index contributed by atoms with van der Waals surface area (Å²) in [5.41, 5.74) is 2.94. The lowest BCUT2D eigenvalue weighted by molar-refractivity contribution is 0.627. The van der Waals surface area contributed by atoms with Gasteiger partial charge in [0.1, 0.15) is 11.6 Å². The van der Waals surface area contributed by atoms with E-state index in [0.717, 1.165) is 15.8 Å². The fourth-order valence-corrected chi connectivity index (χ4v) is 5.67. The smallest absolute Gasteiger partial charge is 0.125 e. The second-order valence-electron chi connectivity index (χ2n) is 7.97. The van der Waals surface area contributed by atoms with E-state index >= 15 is 0 Å². The van der Waals surface area contributed by atoms with Gasteiger partial charge in [0.25, 0.3) is 0 Å². The maximum absolute atomic E-state index is 14.5. The summed E-state index contributed by atoms with van der Waals surface area (Å²) in [4.78, 5) is 3.87. The lowest BCUT2D eigenvalue weighted by Gasteiger charge is -2.31. The minimum atomic E-state index is -0.476. The van der Waals surface area contributed by atoms with Crippen molar-refractivity contribution in [3.8, 4) is 24.7 Å². The first-order chi connectivity index (χ1) is 18.8. The number of anilines is 3. The first-order valence-electron chi connectivity index (χ1n) is 11.6. The van der Waals surface area contributed by atoms with Crippen molar-refractivity contribution >= 4 is 64.9 Å². The van der Waals surface area contributed by atoms with E-state index in [1.807, 2.05) is 70.5 Å². The maximum atomic E-state index is 14.5. The second kappa shape index (κ2) is 15.3. The van der Waals surface area contributed by atoms with Crippen LogP contribution >= 0.6 is 47.8 Å². The molecule has 0 aliphatic heterocycles. The Hall–Kier alpha value is -3.36. The van der Waals surface area contributed by atoms with Gasteiger partial charge in [-0.05, 0) is 92.6 Å². The Kier molecular flexibility index (Phi) is 11.8. The molecule has 0 heterocycles. The molecule has 0 atom stereocenters. The van der Waals surface area contributed by atoms with Crippen molar-refractivity contribution in [1.82, 2.24) is 0 Å². The van der Waals surface area contributed by atoms with Gasteiger partial charge in [-0.15, -0.1) is 12.8 Å². The number of terminal acetylenes is 2. The molecule has 0 radical (unpaired) electrons. The maximum Gasteiger partial charge on any atom is 0.125 e. The normalized spacial score (nSPS) is 12.5. The number of benzene rings is 3. The van der Waals surface area contributed by atoms with Crippen molar-refractivity contribution in [2.24, 2.45) is 0 Å². The number of allylic oxidation sites excluding steroid dienone is 5. The van der Waals surface area contributed by atoms with Gasteiger partial charge < -0.3 is 9.80 Å². The highest BCUT2D eigenvalue weighted by atomic mass is 79.9. The van der Waals surface area contributed by atoms with E-state index in [9.17, 15) is 8.78 Å². The van der Waals surface area contributed by atoms with Crippen LogP contribution in [-0.2, 0) is 0 Å². The monoisotopic (exact) mass is 710 g/mol. The number of nitrogens with zero attached hydrogens (tertiary/aromatic N) is 2. The number of hydrogen-bond acceptors (Lipinski definition) is 2. The highest BCUT2D eigenvalue weighted by Crippen LogP contribution is 2.37. The summed E-state index contributed by atoms with van der Waals surface area (Å²) in [6.45, 7) is 0.457. The minimum Gasteiger partial charge on any atom is -0.336 e. The summed E-state index contributed by atoms with van der Waals surface area (Å²) in [7, 11) is 0. The summed E-state index contributed by atoms with van der Waals surface area (Å²) in [5, 5.41) is 0. The Bertz CT molecular complexity index is 1480. The third kappa shape index (κ3) is 8.57. The van der Waals surface area contributed by atoms with Gasteiger partial charge in [0.15, 0.2) is 0 Å². The average molecular weight is 713 g/mol. The van der Waals surface area contributed by atoms with Gasteiger partial charge in [0.2, 0.25) is 0 Å². The summed E-state index contributed by atoms with van der Waals surface area (Å²) >= 11 is 11.0. The topological polar surface area (TPSA) is 6.48 Å². The van der Waals surface area contributed by atoms with Gasteiger partial charge in [-0.3, -0.25) is 0 Å². The van der Waals surface area contributed by atoms with Crippen LogP contribution in [0.5, 0.6) is 0 Å². The Labute approximate surface area is 253 Å². The molecule has 0 spiro atoms. The molecule has 2 nitrogen and oxygen atoms in total. The summed E-state index contributed by atoms with van der Waals surface area (Å²) in [5.74, 6) is 4.00. The van der Waals surface area contributed by atoms with Crippen molar-refractivity contribution in [3.05, 3.63) is 134 Å². The van der Waals surface area contributed by atoms with Crippen LogP contribution < -0.4 is 9.80 Å². The third-order valence-electron chi connectivity index (χ3n) is 5.40. The van der Waals surface area contributed by atoms with Crippen molar-refractivity contribution in [2.75, 3.05) is 22.9 Å². The summed E-state index contributed by atoms with van der Waals surface area (Å²) in [6.07, 6.45) is 16.4. The molecule has 0 bridgehead atoms. The Balaban J connectivity index is 2.21. The fraction of sp³-hybridized carbons (Fsp3) is 0.0625. The zero-order valence-corrected chi connectivity index (χ0v) is 25.4. The number of rotatable bonds is 10. The summed E-state index contributed by atoms with van der Waals surface area (Å²) < 4.78 is 30.9. The molecule has 7 heteroatoms. The quantitative estimate of drug-likeness (QED) is 0.153. The number of hydrogen-bond donors (Lipinski definition) is 0. The molecular weight excluding hydrogens is 690 g/mol. The molecule has 0 aliphatic carbocycles. The molecule has 3 aromatic carbocycles. The van der Waals surface area contributed by atoms with Gasteiger partial charge in [-0.25, -0.2) is 8.78 Å². The molecular formula is C32H23Br3F2N2. The Morgan fingerprint density at radius 1 is 0.897 bits per heavy atom. The molecule has 3 aromatic rings. The van der Waals surface area contributed by atoms with Crippen LogP contribution in [0, 0.1) is 30.5 Å². The van der Waals surface area contributed by atoms with Gasteiger partial charge >= 0.3 is 0 Å². The predicted molar refractivity (Wildman–Crippen MR) is 170 cm³/mol. The van der Waals surface area contributed by atoms with Crippen LogP contribution in [0.2, 0.25) is 0 Å². The van der Waals surface area contributed by atoms with Crippen LogP contribution in [0.15, 0.2) is 128 Å². The first kappa shape index (κ1) is 30.2. The molecule has 0 aromatic heterocycles. The third-order valence-corrected chi connectivity index (χ3v) is 7.30. The number of para-hydroxylation sites is 2. The first-order valence-corrected chi connectivity index (χ1v) is 14.0. The van der Waals surface area contributed by atoms with E-state index < -0.39 is 5.83 Å². The van der Waals surface area contributed by atoms with E-state index in [1.54, 1.807) is 12.1 Å². The molecule has 0 saturated carbocycles. The standard InChI is InChI=1S/C32H23Br3F2N2/c1-3-5-13-24(36)20-21-38(26-14-8-6-9-15-26)32(29(34)12-4-2)30(35)23-39(27-16-10-7-11-17-27)31-22-25(37)18-19-28(31)33/h1-2,5-20,22H,21,23H2/b13-5-,24-20+,29-12+,32-30-. The van der Waals surface area contributed by atoms with Gasteiger partial charge in [0.05, 0.1) is 22.4 Å². The lowest BCUT2D eigenvalue weighted by Crippen LogP contribution is -2.27. The van der Waals surface area contributed by atoms with Crippen LogP contribution in [0.4, 0.5) is 25.8 Å². The molecule has 39 heavy (non-hydrogen) atoms. The largest absolute Gasteiger partial charge is 0.336 e. The fourth-order valence-electron chi connectivity index (χ4n) is 3.68. The molecule has 0 aliphatic rings.